The molecular weight excluding hydrogens is 324 g/mol. The summed E-state index contributed by atoms with van der Waals surface area (Å²) >= 11 is 0. The molecule has 1 heterocycles. The number of halogens is 1. The van der Waals surface area contributed by atoms with Crippen molar-refractivity contribution in [3.05, 3.63) is 29.8 Å². The largest absolute Gasteiger partial charge is 0.376 e. The minimum absolute atomic E-state index is 0. The SMILES string of the molecule is Cl.O=C(CCC1CCNCC1)Nc1cccc(COCC2CC2)c1. The molecule has 1 saturated heterocycles. The maximum atomic E-state index is 12.1. The van der Waals surface area contributed by atoms with E-state index in [1.165, 1.54) is 25.7 Å². The van der Waals surface area contributed by atoms with Crippen molar-refractivity contribution >= 4 is 24.0 Å². The third-order valence-corrected chi connectivity index (χ3v) is 4.77. The lowest BCUT2D eigenvalue weighted by molar-refractivity contribution is -0.116. The number of ether oxygens (including phenoxy) is 1. The summed E-state index contributed by atoms with van der Waals surface area (Å²) in [5.41, 5.74) is 2.01. The number of amides is 1. The second-order valence-electron chi connectivity index (χ2n) is 6.94. The first-order valence-electron chi connectivity index (χ1n) is 8.97. The molecule has 24 heavy (non-hydrogen) atoms. The van der Waals surface area contributed by atoms with E-state index in [9.17, 15) is 4.79 Å². The Labute approximate surface area is 151 Å². The molecule has 2 N–H and O–H groups in total. The highest BCUT2D eigenvalue weighted by molar-refractivity contribution is 5.90. The monoisotopic (exact) mass is 352 g/mol. The molecule has 1 saturated carbocycles. The third-order valence-electron chi connectivity index (χ3n) is 4.77. The van der Waals surface area contributed by atoms with E-state index in [0.717, 1.165) is 43.3 Å². The van der Waals surface area contributed by atoms with Crippen LogP contribution < -0.4 is 10.6 Å². The summed E-state index contributed by atoms with van der Waals surface area (Å²) in [6, 6.07) is 8.01. The molecule has 1 aliphatic heterocycles. The molecule has 1 amide bonds. The minimum Gasteiger partial charge on any atom is -0.376 e. The Morgan fingerprint density at radius 1 is 1.17 bits per heavy atom. The Balaban J connectivity index is 0.00000208. The first-order chi connectivity index (χ1) is 11.3. The van der Waals surface area contributed by atoms with Crippen molar-refractivity contribution in [2.75, 3.05) is 25.0 Å². The van der Waals surface area contributed by atoms with Crippen LogP contribution in [0.1, 0.15) is 44.1 Å². The number of anilines is 1. The van der Waals surface area contributed by atoms with Crippen LogP contribution in [0.25, 0.3) is 0 Å². The van der Waals surface area contributed by atoms with Crippen LogP contribution >= 0.6 is 12.4 Å². The summed E-state index contributed by atoms with van der Waals surface area (Å²) in [7, 11) is 0. The van der Waals surface area contributed by atoms with Gasteiger partial charge in [0.25, 0.3) is 0 Å². The molecule has 134 valence electrons. The first kappa shape index (κ1) is 19.2. The van der Waals surface area contributed by atoms with E-state index >= 15 is 0 Å². The van der Waals surface area contributed by atoms with Crippen LogP contribution in [0.15, 0.2) is 24.3 Å². The van der Waals surface area contributed by atoms with E-state index in [-0.39, 0.29) is 18.3 Å². The fourth-order valence-corrected chi connectivity index (χ4v) is 3.10. The van der Waals surface area contributed by atoms with Crippen molar-refractivity contribution in [2.45, 2.75) is 45.1 Å². The second kappa shape index (κ2) is 10.0. The van der Waals surface area contributed by atoms with Crippen LogP contribution in [-0.2, 0) is 16.1 Å². The summed E-state index contributed by atoms with van der Waals surface area (Å²) < 4.78 is 5.71. The van der Waals surface area contributed by atoms with Gasteiger partial charge in [-0.3, -0.25) is 4.79 Å². The number of benzene rings is 1. The zero-order valence-electron chi connectivity index (χ0n) is 14.3. The minimum atomic E-state index is 0. The topological polar surface area (TPSA) is 50.4 Å². The lowest BCUT2D eigenvalue weighted by atomic mass is 9.93. The summed E-state index contributed by atoms with van der Waals surface area (Å²) in [4.78, 5) is 12.1. The van der Waals surface area contributed by atoms with E-state index in [0.29, 0.717) is 18.9 Å². The predicted molar refractivity (Wildman–Crippen MR) is 99.5 cm³/mol. The molecule has 0 unspecified atom stereocenters. The van der Waals surface area contributed by atoms with Crippen molar-refractivity contribution < 1.29 is 9.53 Å². The highest BCUT2D eigenvalue weighted by Gasteiger charge is 2.21. The van der Waals surface area contributed by atoms with Gasteiger partial charge in [0.2, 0.25) is 5.91 Å². The third kappa shape index (κ3) is 6.80. The molecule has 1 aromatic carbocycles. The maximum Gasteiger partial charge on any atom is 0.224 e. The number of piperidine rings is 1. The Bertz CT molecular complexity index is 514. The zero-order chi connectivity index (χ0) is 15.9. The van der Waals surface area contributed by atoms with Crippen molar-refractivity contribution in [2.24, 2.45) is 11.8 Å². The molecule has 0 bridgehead atoms. The predicted octanol–water partition coefficient (Wildman–Crippen LogP) is 3.75. The van der Waals surface area contributed by atoms with Gasteiger partial charge in [-0.2, -0.15) is 0 Å². The summed E-state index contributed by atoms with van der Waals surface area (Å²) in [5, 5.41) is 6.39. The fraction of sp³-hybridized carbons (Fsp3) is 0.632. The lowest BCUT2D eigenvalue weighted by Crippen LogP contribution is -2.28. The van der Waals surface area contributed by atoms with Crippen LogP contribution in [0.2, 0.25) is 0 Å². The molecule has 3 rings (SSSR count). The highest BCUT2D eigenvalue weighted by Crippen LogP contribution is 2.29. The lowest BCUT2D eigenvalue weighted by Gasteiger charge is -2.22. The number of carbonyl (C=O) groups is 1. The Morgan fingerprint density at radius 2 is 1.96 bits per heavy atom. The van der Waals surface area contributed by atoms with Gasteiger partial charge in [-0.25, -0.2) is 0 Å². The molecule has 2 aliphatic rings. The number of nitrogens with one attached hydrogen (secondary N) is 2. The van der Waals surface area contributed by atoms with Gasteiger partial charge in [0.1, 0.15) is 0 Å². The van der Waals surface area contributed by atoms with E-state index < -0.39 is 0 Å². The molecule has 1 aliphatic carbocycles. The Morgan fingerprint density at radius 3 is 2.71 bits per heavy atom. The first-order valence-corrected chi connectivity index (χ1v) is 8.97. The van der Waals surface area contributed by atoms with Crippen molar-refractivity contribution in [1.29, 1.82) is 0 Å². The van der Waals surface area contributed by atoms with Crippen LogP contribution in [0.5, 0.6) is 0 Å². The molecule has 4 nitrogen and oxygen atoms in total. The quantitative estimate of drug-likeness (QED) is 0.749. The summed E-state index contributed by atoms with van der Waals surface area (Å²) in [6.07, 6.45) is 6.63. The van der Waals surface area contributed by atoms with Gasteiger partial charge in [-0.1, -0.05) is 12.1 Å². The molecule has 0 spiro atoms. The molecule has 5 heteroatoms. The molecule has 0 radical (unpaired) electrons. The molecule has 0 aromatic heterocycles. The van der Waals surface area contributed by atoms with Gasteiger partial charge < -0.3 is 15.4 Å². The van der Waals surface area contributed by atoms with Gasteiger partial charge in [-0.15, -0.1) is 12.4 Å². The van der Waals surface area contributed by atoms with Gasteiger partial charge in [0.05, 0.1) is 6.61 Å². The molecule has 0 atom stereocenters. The number of rotatable bonds is 8. The van der Waals surface area contributed by atoms with Crippen molar-refractivity contribution in [3.63, 3.8) is 0 Å². The Hall–Kier alpha value is -1.10. The average molecular weight is 353 g/mol. The van der Waals surface area contributed by atoms with Gasteiger partial charge in [-0.05, 0) is 74.7 Å². The van der Waals surface area contributed by atoms with Gasteiger partial charge in [0, 0.05) is 18.7 Å². The van der Waals surface area contributed by atoms with E-state index in [1.807, 2.05) is 18.2 Å². The summed E-state index contributed by atoms with van der Waals surface area (Å²) in [5.74, 6) is 1.61. The van der Waals surface area contributed by atoms with Crippen molar-refractivity contribution in [1.82, 2.24) is 5.32 Å². The average Bonchev–Trinajstić information content (AvgIpc) is 3.39. The van der Waals surface area contributed by atoms with Crippen LogP contribution in [0.3, 0.4) is 0 Å². The van der Waals surface area contributed by atoms with Crippen LogP contribution in [-0.4, -0.2) is 25.6 Å². The van der Waals surface area contributed by atoms with E-state index in [1.54, 1.807) is 0 Å². The highest BCUT2D eigenvalue weighted by atomic mass is 35.5. The molecule has 2 fully saturated rings. The summed E-state index contributed by atoms with van der Waals surface area (Å²) in [6.45, 7) is 3.69. The van der Waals surface area contributed by atoms with Gasteiger partial charge >= 0.3 is 0 Å². The van der Waals surface area contributed by atoms with Gasteiger partial charge in [0.15, 0.2) is 0 Å². The van der Waals surface area contributed by atoms with Crippen LogP contribution in [0, 0.1) is 11.8 Å². The smallest absolute Gasteiger partial charge is 0.224 e. The molecular formula is C19H29ClN2O2. The number of hydrogen-bond donors (Lipinski definition) is 2. The van der Waals surface area contributed by atoms with E-state index in [4.69, 9.17) is 4.74 Å². The molecule has 1 aromatic rings. The van der Waals surface area contributed by atoms with Crippen LogP contribution in [0.4, 0.5) is 5.69 Å². The number of carbonyl (C=O) groups excluding carboxylic acids is 1. The number of hydrogen-bond acceptors (Lipinski definition) is 3. The zero-order valence-corrected chi connectivity index (χ0v) is 15.1. The Kier molecular flexibility index (Phi) is 8.03. The maximum absolute atomic E-state index is 12.1. The fourth-order valence-electron chi connectivity index (χ4n) is 3.10. The second-order valence-corrected chi connectivity index (χ2v) is 6.94. The normalized spacial score (nSPS) is 18.0. The standard InChI is InChI=1S/C19H28N2O2.ClH/c22-19(7-6-15-8-10-20-11-9-15)21-18-3-1-2-17(12-18)14-23-13-16-4-5-16;/h1-3,12,15-16,20H,4-11,13-14H2,(H,21,22);1H. The van der Waals surface area contributed by atoms with E-state index in [2.05, 4.69) is 16.7 Å². The van der Waals surface area contributed by atoms with Crippen molar-refractivity contribution in [3.8, 4) is 0 Å².